The highest BCUT2D eigenvalue weighted by atomic mass is 15.2. The minimum absolute atomic E-state index is 0.409. The predicted octanol–water partition coefficient (Wildman–Crippen LogP) is 0.971. The topological polar surface area (TPSA) is 36.4 Å². The first-order chi connectivity index (χ1) is 5.58. The van der Waals surface area contributed by atoms with Crippen molar-refractivity contribution in [3.8, 4) is 0 Å². The lowest BCUT2D eigenvalue weighted by Gasteiger charge is -2.18. The van der Waals surface area contributed by atoms with E-state index < -0.39 is 0 Å². The number of aliphatic imine (C=N–C) groups is 1. The SMILES string of the molecule is CC(C)(C)CCNC1=NCCN1. The summed E-state index contributed by atoms with van der Waals surface area (Å²) >= 11 is 0. The summed E-state index contributed by atoms with van der Waals surface area (Å²) in [5.74, 6) is 0.972. The minimum Gasteiger partial charge on any atom is -0.356 e. The molecule has 0 saturated carbocycles. The Morgan fingerprint density at radius 1 is 1.50 bits per heavy atom. The Balaban J connectivity index is 2.10. The average molecular weight is 169 g/mol. The van der Waals surface area contributed by atoms with Gasteiger partial charge in [-0.15, -0.1) is 0 Å². The molecule has 0 unspecified atom stereocenters. The fraction of sp³-hybridized carbons (Fsp3) is 0.889. The van der Waals surface area contributed by atoms with Gasteiger partial charge in [0.15, 0.2) is 5.96 Å². The summed E-state index contributed by atoms with van der Waals surface area (Å²) in [5, 5.41) is 6.46. The number of nitrogens with zero attached hydrogens (tertiary/aromatic N) is 1. The van der Waals surface area contributed by atoms with Crippen molar-refractivity contribution in [1.82, 2.24) is 10.6 Å². The van der Waals surface area contributed by atoms with E-state index in [-0.39, 0.29) is 0 Å². The molecule has 3 heteroatoms. The number of guanidine groups is 1. The van der Waals surface area contributed by atoms with Gasteiger partial charge in [-0.05, 0) is 11.8 Å². The van der Waals surface area contributed by atoms with Crippen molar-refractivity contribution in [3.05, 3.63) is 0 Å². The molecule has 0 aromatic carbocycles. The Bertz CT molecular complexity index is 167. The molecule has 2 N–H and O–H groups in total. The lowest BCUT2D eigenvalue weighted by molar-refractivity contribution is 0.377. The van der Waals surface area contributed by atoms with Crippen LogP contribution in [0.15, 0.2) is 4.99 Å². The molecule has 3 nitrogen and oxygen atoms in total. The molecular formula is C9H19N3. The Morgan fingerprint density at radius 2 is 2.25 bits per heavy atom. The van der Waals surface area contributed by atoms with Crippen molar-refractivity contribution in [1.29, 1.82) is 0 Å². The molecule has 1 aliphatic rings. The summed E-state index contributed by atoms with van der Waals surface area (Å²) in [4.78, 5) is 4.25. The third kappa shape index (κ3) is 3.60. The van der Waals surface area contributed by atoms with Crippen molar-refractivity contribution in [2.24, 2.45) is 10.4 Å². The van der Waals surface area contributed by atoms with E-state index in [4.69, 9.17) is 0 Å². The second-order valence-corrected chi connectivity index (χ2v) is 4.39. The van der Waals surface area contributed by atoms with Crippen LogP contribution in [0.1, 0.15) is 27.2 Å². The van der Waals surface area contributed by atoms with E-state index in [2.05, 4.69) is 36.4 Å². The van der Waals surface area contributed by atoms with Crippen LogP contribution in [0.3, 0.4) is 0 Å². The molecule has 0 bridgehead atoms. The Hall–Kier alpha value is -0.730. The third-order valence-electron chi connectivity index (χ3n) is 1.84. The summed E-state index contributed by atoms with van der Waals surface area (Å²) in [6.07, 6.45) is 1.17. The van der Waals surface area contributed by atoms with Crippen LogP contribution in [0, 0.1) is 5.41 Å². The summed E-state index contributed by atoms with van der Waals surface area (Å²) in [7, 11) is 0. The van der Waals surface area contributed by atoms with E-state index >= 15 is 0 Å². The van der Waals surface area contributed by atoms with Gasteiger partial charge in [-0.1, -0.05) is 20.8 Å². The molecule has 0 fully saturated rings. The normalized spacial score (nSPS) is 17.1. The molecular weight excluding hydrogens is 150 g/mol. The molecule has 0 amide bonds. The molecule has 0 atom stereocenters. The quantitative estimate of drug-likeness (QED) is 0.646. The largest absolute Gasteiger partial charge is 0.356 e. The maximum absolute atomic E-state index is 4.25. The molecule has 1 heterocycles. The van der Waals surface area contributed by atoms with Gasteiger partial charge in [0.1, 0.15) is 0 Å². The van der Waals surface area contributed by atoms with Gasteiger partial charge in [-0.3, -0.25) is 4.99 Å². The first-order valence-corrected chi connectivity index (χ1v) is 4.60. The molecule has 1 rings (SSSR count). The van der Waals surface area contributed by atoms with Crippen LogP contribution in [0.4, 0.5) is 0 Å². The van der Waals surface area contributed by atoms with Crippen LogP contribution in [0.2, 0.25) is 0 Å². The molecule has 0 spiro atoms. The maximum Gasteiger partial charge on any atom is 0.191 e. The van der Waals surface area contributed by atoms with Gasteiger partial charge in [0.05, 0.1) is 6.54 Å². The number of hydrogen-bond acceptors (Lipinski definition) is 3. The standard InChI is InChI=1S/C9H19N3/c1-9(2,3)4-5-10-8-11-6-7-12-8/h4-7H2,1-3H3,(H2,10,11,12). The van der Waals surface area contributed by atoms with Crippen molar-refractivity contribution >= 4 is 5.96 Å². The monoisotopic (exact) mass is 169 g/mol. The van der Waals surface area contributed by atoms with Gasteiger partial charge in [-0.25, -0.2) is 0 Å². The lowest BCUT2D eigenvalue weighted by Crippen LogP contribution is -2.35. The fourth-order valence-electron chi connectivity index (χ4n) is 1.07. The summed E-state index contributed by atoms with van der Waals surface area (Å²) in [6.45, 7) is 9.65. The molecule has 0 aliphatic carbocycles. The van der Waals surface area contributed by atoms with Crippen LogP contribution in [0.5, 0.6) is 0 Å². The van der Waals surface area contributed by atoms with Crippen LogP contribution < -0.4 is 10.6 Å². The van der Waals surface area contributed by atoms with Crippen LogP contribution in [-0.2, 0) is 0 Å². The highest BCUT2D eigenvalue weighted by Crippen LogP contribution is 2.16. The van der Waals surface area contributed by atoms with Crippen molar-refractivity contribution in [3.63, 3.8) is 0 Å². The maximum atomic E-state index is 4.25. The van der Waals surface area contributed by atoms with Gasteiger partial charge in [-0.2, -0.15) is 0 Å². The smallest absolute Gasteiger partial charge is 0.191 e. The number of hydrogen-bond donors (Lipinski definition) is 2. The van der Waals surface area contributed by atoms with E-state index in [1.807, 2.05) is 0 Å². The summed E-state index contributed by atoms with van der Waals surface area (Å²) in [5.41, 5.74) is 0.409. The fourth-order valence-corrected chi connectivity index (χ4v) is 1.07. The van der Waals surface area contributed by atoms with Crippen LogP contribution in [-0.4, -0.2) is 25.6 Å². The van der Waals surface area contributed by atoms with Crippen LogP contribution >= 0.6 is 0 Å². The summed E-state index contributed by atoms with van der Waals surface area (Å²) < 4.78 is 0. The zero-order valence-electron chi connectivity index (χ0n) is 8.28. The second-order valence-electron chi connectivity index (χ2n) is 4.39. The van der Waals surface area contributed by atoms with E-state index in [1.165, 1.54) is 6.42 Å². The molecule has 0 aromatic heterocycles. The molecule has 1 aliphatic heterocycles. The van der Waals surface area contributed by atoms with Crippen molar-refractivity contribution in [2.75, 3.05) is 19.6 Å². The van der Waals surface area contributed by atoms with Crippen molar-refractivity contribution < 1.29 is 0 Å². The number of nitrogens with one attached hydrogen (secondary N) is 2. The Labute approximate surface area is 74.6 Å². The zero-order chi connectivity index (χ0) is 9.03. The predicted molar refractivity (Wildman–Crippen MR) is 52.4 cm³/mol. The third-order valence-corrected chi connectivity index (χ3v) is 1.84. The van der Waals surface area contributed by atoms with Crippen molar-refractivity contribution in [2.45, 2.75) is 27.2 Å². The van der Waals surface area contributed by atoms with Gasteiger partial charge < -0.3 is 10.6 Å². The average Bonchev–Trinajstić information content (AvgIpc) is 2.36. The van der Waals surface area contributed by atoms with Gasteiger partial charge in [0.2, 0.25) is 0 Å². The minimum atomic E-state index is 0.409. The van der Waals surface area contributed by atoms with Crippen LogP contribution in [0.25, 0.3) is 0 Å². The van der Waals surface area contributed by atoms with E-state index in [9.17, 15) is 0 Å². The molecule has 0 aromatic rings. The summed E-state index contributed by atoms with van der Waals surface area (Å²) in [6, 6.07) is 0. The van der Waals surface area contributed by atoms with E-state index in [1.54, 1.807) is 0 Å². The Morgan fingerprint density at radius 3 is 2.75 bits per heavy atom. The Kier molecular flexibility index (Phi) is 2.95. The van der Waals surface area contributed by atoms with E-state index in [0.717, 1.165) is 25.6 Å². The zero-order valence-corrected chi connectivity index (χ0v) is 8.28. The van der Waals surface area contributed by atoms with Gasteiger partial charge in [0, 0.05) is 13.1 Å². The molecule has 0 radical (unpaired) electrons. The van der Waals surface area contributed by atoms with E-state index in [0.29, 0.717) is 5.41 Å². The van der Waals surface area contributed by atoms with Gasteiger partial charge in [0.25, 0.3) is 0 Å². The second kappa shape index (κ2) is 3.78. The highest BCUT2D eigenvalue weighted by Gasteiger charge is 2.10. The molecule has 12 heavy (non-hydrogen) atoms. The molecule has 0 saturated heterocycles. The number of rotatable bonds is 2. The highest BCUT2D eigenvalue weighted by molar-refractivity contribution is 5.81. The first-order valence-electron chi connectivity index (χ1n) is 4.60. The van der Waals surface area contributed by atoms with Gasteiger partial charge >= 0.3 is 0 Å². The molecule has 70 valence electrons. The first kappa shape index (κ1) is 9.36. The lowest BCUT2D eigenvalue weighted by atomic mass is 9.92.